The molecular formula is C22H18FN3O3. The monoisotopic (exact) mass is 391 g/mol. The third-order valence-electron chi connectivity index (χ3n) is 4.77. The highest BCUT2D eigenvalue weighted by atomic mass is 19.1. The van der Waals surface area contributed by atoms with Crippen molar-refractivity contribution in [2.24, 2.45) is 0 Å². The van der Waals surface area contributed by atoms with Gasteiger partial charge in [-0.15, -0.1) is 0 Å². The van der Waals surface area contributed by atoms with Gasteiger partial charge in [-0.1, -0.05) is 18.2 Å². The number of nitrogens with zero attached hydrogens (tertiary/aromatic N) is 3. The number of halogens is 1. The van der Waals surface area contributed by atoms with Gasteiger partial charge in [0.2, 0.25) is 5.88 Å². The van der Waals surface area contributed by atoms with Crippen molar-refractivity contribution in [3.8, 4) is 17.0 Å². The van der Waals surface area contributed by atoms with Crippen molar-refractivity contribution in [3.63, 3.8) is 0 Å². The molecule has 7 heteroatoms. The molecule has 1 aromatic carbocycles. The zero-order chi connectivity index (χ0) is 20.5. The number of aromatic nitrogens is 3. The van der Waals surface area contributed by atoms with Crippen LogP contribution in [0.15, 0.2) is 54.7 Å². The van der Waals surface area contributed by atoms with Gasteiger partial charge in [-0.05, 0) is 37.3 Å². The Morgan fingerprint density at radius 3 is 2.69 bits per heavy atom. The number of rotatable bonds is 5. The van der Waals surface area contributed by atoms with Crippen LogP contribution in [0.2, 0.25) is 0 Å². The van der Waals surface area contributed by atoms with Gasteiger partial charge in [-0.25, -0.2) is 14.2 Å². The standard InChI is InChI=1S/C22H18FN3O3/c1-13-9-10-17-19(25-13)18(15-7-5-11-24-21(15)29-2)20(22(27)28)26(17)12-14-6-3-4-8-16(14)23/h3-11H,12H2,1-2H3,(H,27,28). The van der Waals surface area contributed by atoms with Crippen LogP contribution in [-0.4, -0.2) is 32.7 Å². The number of carbonyl (C=O) groups is 1. The van der Waals surface area contributed by atoms with Crippen molar-refractivity contribution in [2.45, 2.75) is 13.5 Å². The van der Waals surface area contributed by atoms with Crippen molar-refractivity contribution in [1.29, 1.82) is 0 Å². The summed E-state index contributed by atoms with van der Waals surface area (Å²) in [6.07, 6.45) is 1.57. The molecule has 0 radical (unpaired) electrons. The van der Waals surface area contributed by atoms with Crippen LogP contribution >= 0.6 is 0 Å². The normalized spacial score (nSPS) is 11.0. The number of fused-ring (bicyclic) bond motifs is 1. The first kappa shape index (κ1) is 18.6. The van der Waals surface area contributed by atoms with Crippen molar-refractivity contribution in [2.75, 3.05) is 7.11 Å². The van der Waals surface area contributed by atoms with E-state index in [1.165, 1.54) is 13.2 Å². The van der Waals surface area contributed by atoms with E-state index < -0.39 is 11.8 Å². The van der Waals surface area contributed by atoms with Crippen molar-refractivity contribution >= 4 is 17.0 Å². The smallest absolute Gasteiger partial charge is 0.353 e. The molecule has 4 aromatic rings. The van der Waals surface area contributed by atoms with E-state index in [0.717, 1.165) is 5.69 Å². The summed E-state index contributed by atoms with van der Waals surface area (Å²) < 4.78 is 21.2. The summed E-state index contributed by atoms with van der Waals surface area (Å²) in [5.74, 6) is -1.24. The third-order valence-corrected chi connectivity index (χ3v) is 4.77. The number of methoxy groups -OCH3 is 1. The van der Waals surface area contributed by atoms with Crippen LogP contribution in [0.25, 0.3) is 22.2 Å². The van der Waals surface area contributed by atoms with E-state index in [0.29, 0.717) is 33.6 Å². The summed E-state index contributed by atoms with van der Waals surface area (Å²) in [4.78, 5) is 21.1. The summed E-state index contributed by atoms with van der Waals surface area (Å²) in [5.41, 5.74) is 3.15. The molecule has 0 atom stereocenters. The zero-order valence-electron chi connectivity index (χ0n) is 15.9. The van der Waals surface area contributed by atoms with Crippen LogP contribution in [0, 0.1) is 12.7 Å². The number of aromatic carboxylic acids is 1. The molecule has 4 rings (SSSR count). The van der Waals surface area contributed by atoms with Crippen LogP contribution < -0.4 is 4.74 Å². The highest BCUT2D eigenvalue weighted by Gasteiger charge is 2.27. The molecule has 146 valence electrons. The van der Waals surface area contributed by atoms with Gasteiger partial charge in [-0.3, -0.25) is 4.98 Å². The Balaban J connectivity index is 2.08. The molecule has 0 saturated heterocycles. The first-order valence-electron chi connectivity index (χ1n) is 8.97. The van der Waals surface area contributed by atoms with Crippen LogP contribution in [0.1, 0.15) is 21.7 Å². The molecule has 6 nitrogen and oxygen atoms in total. The molecule has 29 heavy (non-hydrogen) atoms. The SMILES string of the molecule is COc1ncccc1-c1c(C(=O)O)n(Cc2ccccc2F)c2ccc(C)nc12. The summed E-state index contributed by atoms with van der Waals surface area (Å²) in [7, 11) is 1.48. The van der Waals surface area contributed by atoms with Crippen molar-refractivity contribution < 1.29 is 19.0 Å². The second kappa shape index (κ2) is 7.35. The maximum Gasteiger partial charge on any atom is 0.353 e. The van der Waals surface area contributed by atoms with Gasteiger partial charge in [0.25, 0.3) is 0 Å². The molecule has 0 fully saturated rings. The minimum absolute atomic E-state index is 0.00709. The van der Waals surface area contributed by atoms with Gasteiger partial charge in [0, 0.05) is 28.6 Å². The van der Waals surface area contributed by atoms with Gasteiger partial charge in [0.05, 0.1) is 24.7 Å². The molecule has 0 saturated carbocycles. The number of ether oxygens (including phenoxy) is 1. The van der Waals surface area contributed by atoms with E-state index in [-0.39, 0.29) is 12.2 Å². The summed E-state index contributed by atoms with van der Waals surface area (Å²) in [5, 5.41) is 10.1. The van der Waals surface area contributed by atoms with E-state index in [1.807, 2.05) is 6.92 Å². The summed E-state index contributed by atoms with van der Waals surface area (Å²) in [6, 6.07) is 13.4. The van der Waals surface area contributed by atoms with E-state index in [2.05, 4.69) is 9.97 Å². The van der Waals surface area contributed by atoms with Crippen LogP contribution in [0.3, 0.4) is 0 Å². The van der Waals surface area contributed by atoms with E-state index in [9.17, 15) is 14.3 Å². The Labute approximate surface area is 166 Å². The molecule has 0 unspecified atom stereocenters. The number of carboxylic acid groups (broad SMARTS) is 1. The summed E-state index contributed by atoms with van der Waals surface area (Å²) in [6.45, 7) is 1.89. The lowest BCUT2D eigenvalue weighted by Crippen LogP contribution is -2.11. The molecule has 0 aliphatic carbocycles. The number of pyridine rings is 2. The number of benzene rings is 1. The molecule has 1 N–H and O–H groups in total. The topological polar surface area (TPSA) is 77.2 Å². The van der Waals surface area contributed by atoms with Crippen molar-refractivity contribution in [1.82, 2.24) is 14.5 Å². The molecule has 0 aliphatic heterocycles. The highest BCUT2D eigenvalue weighted by molar-refractivity contribution is 6.07. The van der Waals surface area contributed by atoms with Crippen molar-refractivity contribution in [3.05, 3.63) is 77.5 Å². The van der Waals surface area contributed by atoms with Gasteiger partial charge in [0.15, 0.2) is 0 Å². The minimum atomic E-state index is -1.14. The maximum absolute atomic E-state index is 14.3. The van der Waals surface area contributed by atoms with Gasteiger partial charge in [0.1, 0.15) is 11.5 Å². The van der Waals surface area contributed by atoms with Crippen LogP contribution in [0.5, 0.6) is 5.88 Å². The second-order valence-corrected chi connectivity index (χ2v) is 6.59. The Bertz CT molecular complexity index is 1230. The quantitative estimate of drug-likeness (QED) is 0.549. The second-order valence-electron chi connectivity index (χ2n) is 6.59. The maximum atomic E-state index is 14.3. The molecule has 0 aliphatic rings. The fourth-order valence-electron chi connectivity index (χ4n) is 3.50. The Hall–Kier alpha value is -3.74. The largest absolute Gasteiger partial charge is 0.481 e. The lowest BCUT2D eigenvalue weighted by Gasteiger charge is -2.11. The predicted octanol–water partition coefficient (Wildman–Crippen LogP) is 4.30. The van der Waals surface area contributed by atoms with Gasteiger partial charge < -0.3 is 14.4 Å². The van der Waals surface area contributed by atoms with Crippen LogP contribution in [0.4, 0.5) is 4.39 Å². The number of aryl methyl sites for hydroxylation is 1. The van der Waals surface area contributed by atoms with Gasteiger partial charge in [-0.2, -0.15) is 0 Å². The lowest BCUT2D eigenvalue weighted by molar-refractivity contribution is 0.0687. The number of carboxylic acids is 1. The molecule has 0 amide bonds. The highest BCUT2D eigenvalue weighted by Crippen LogP contribution is 2.38. The molecular weight excluding hydrogens is 373 g/mol. The Morgan fingerprint density at radius 2 is 1.97 bits per heavy atom. The fourth-order valence-corrected chi connectivity index (χ4v) is 3.50. The number of hydrogen-bond donors (Lipinski definition) is 1. The first-order chi connectivity index (χ1) is 14.0. The Morgan fingerprint density at radius 1 is 1.17 bits per heavy atom. The molecule has 0 spiro atoms. The first-order valence-corrected chi connectivity index (χ1v) is 8.97. The molecule has 3 aromatic heterocycles. The minimum Gasteiger partial charge on any atom is -0.481 e. The predicted molar refractivity (Wildman–Crippen MR) is 107 cm³/mol. The Kier molecular flexibility index (Phi) is 4.72. The van der Waals surface area contributed by atoms with Crippen LogP contribution in [-0.2, 0) is 6.54 Å². The lowest BCUT2D eigenvalue weighted by atomic mass is 10.1. The number of hydrogen-bond acceptors (Lipinski definition) is 4. The zero-order valence-corrected chi connectivity index (χ0v) is 15.9. The van der Waals surface area contributed by atoms with E-state index in [4.69, 9.17) is 4.74 Å². The molecule has 3 heterocycles. The molecule has 0 bridgehead atoms. The average Bonchev–Trinajstić information content (AvgIpc) is 3.03. The average molecular weight is 391 g/mol. The fraction of sp³-hybridized carbons (Fsp3) is 0.136. The van der Waals surface area contributed by atoms with E-state index >= 15 is 0 Å². The van der Waals surface area contributed by atoms with E-state index in [1.54, 1.807) is 53.2 Å². The summed E-state index contributed by atoms with van der Waals surface area (Å²) >= 11 is 0. The van der Waals surface area contributed by atoms with Gasteiger partial charge >= 0.3 is 5.97 Å². The third kappa shape index (κ3) is 3.20.